The maximum Gasteiger partial charge on any atom is 0.119 e. The first kappa shape index (κ1) is 15.6. The van der Waals surface area contributed by atoms with E-state index in [2.05, 4.69) is 42.5 Å². The lowest BCUT2D eigenvalue weighted by Gasteiger charge is -2.19. The normalized spacial score (nSPS) is 12.3. The van der Waals surface area contributed by atoms with Crippen molar-refractivity contribution < 1.29 is 4.74 Å². The molecule has 0 bridgehead atoms. The number of ether oxygens (including phenoxy) is 1. The Balaban J connectivity index is 1.91. The van der Waals surface area contributed by atoms with Crippen molar-refractivity contribution in [1.29, 1.82) is 0 Å². The first-order valence-electron chi connectivity index (χ1n) is 7.61. The minimum Gasteiger partial charge on any atom is -0.494 e. The lowest BCUT2D eigenvalue weighted by Crippen LogP contribution is -2.26. The van der Waals surface area contributed by atoms with Crippen LogP contribution in [0.15, 0.2) is 36.5 Å². The standard InChI is InChI=1S/C17H25N3O/c1-4-10-18-16(17-8-11-19-20(17)3)9-12-21-15-7-5-6-14(2)13-15/h5-8,11,13,16,18H,4,9-10,12H2,1-3H3. The average Bonchev–Trinajstić information content (AvgIpc) is 2.89. The second-order valence-corrected chi connectivity index (χ2v) is 5.34. The molecule has 114 valence electrons. The number of rotatable bonds is 8. The second kappa shape index (κ2) is 7.84. The molecule has 0 saturated carbocycles. The Hall–Kier alpha value is -1.81. The SMILES string of the molecule is CCCNC(CCOc1cccc(C)c1)c1ccnn1C. The lowest BCUT2D eigenvalue weighted by molar-refractivity contribution is 0.283. The van der Waals surface area contributed by atoms with E-state index in [0.717, 1.165) is 25.1 Å². The summed E-state index contributed by atoms with van der Waals surface area (Å²) in [5.74, 6) is 0.939. The third kappa shape index (κ3) is 4.60. The molecule has 1 heterocycles. The summed E-state index contributed by atoms with van der Waals surface area (Å²) < 4.78 is 7.80. The summed E-state index contributed by atoms with van der Waals surface area (Å²) in [4.78, 5) is 0. The highest BCUT2D eigenvalue weighted by molar-refractivity contribution is 5.27. The molecule has 0 fully saturated rings. The third-order valence-corrected chi connectivity index (χ3v) is 3.52. The van der Waals surface area contributed by atoms with Crippen LogP contribution in [0, 0.1) is 6.92 Å². The summed E-state index contributed by atoms with van der Waals surface area (Å²) in [6.07, 6.45) is 3.89. The van der Waals surface area contributed by atoms with Crippen LogP contribution in [-0.4, -0.2) is 22.9 Å². The maximum atomic E-state index is 5.87. The van der Waals surface area contributed by atoms with Gasteiger partial charge < -0.3 is 10.1 Å². The Morgan fingerprint density at radius 3 is 2.86 bits per heavy atom. The quantitative estimate of drug-likeness (QED) is 0.810. The summed E-state index contributed by atoms with van der Waals surface area (Å²) in [7, 11) is 1.98. The van der Waals surface area contributed by atoms with E-state index in [1.54, 1.807) is 0 Å². The predicted octanol–water partition coefficient (Wildman–Crippen LogP) is 3.24. The first-order chi connectivity index (χ1) is 10.2. The molecule has 0 radical (unpaired) electrons. The van der Waals surface area contributed by atoms with Gasteiger partial charge >= 0.3 is 0 Å². The topological polar surface area (TPSA) is 39.1 Å². The molecule has 0 spiro atoms. The number of hydrogen-bond donors (Lipinski definition) is 1. The number of benzene rings is 1. The van der Waals surface area contributed by atoms with Gasteiger partial charge in [-0.25, -0.2) is 0 Å². The van der Waals surface area contributed by atoms with E-state index in [1.807, 2.05) is 30.1 Å². The molecule has 4 heteroatoms. The first-order valence-corrected chi connectivity index (χ1v) is 7.61. The van der Waals surface area contributed by atoms with Gasteiger partial charge in [-0.2, -0.15) is 5.10 Å². The molecule has 1 aromatic heterocycles. The lowest BCUT2D eigenvalue weighted by atomic mass is 10.1. The highest BCUT2D eigenvalue weighted by Crippen LogP contribution is 2.18. The molecule has 4 nitrogen and oxygen atoms in total. The molecule has 0 aliphatic rings. The molecule has 1 N–H and O–H groups in total. The van der Waals surface area contributed by atoms with Crippen LogP contribution in [0.3, 0.4) is 0 Å². The van der Waals surface area contributed by atoms with E-state index < -0.39 is 0 Å². The van der Waals surface area contributed by atoms with Gasteiger partial charge in [0.05, 0.1) is 18.3 Å². The van der Waals surface area contributed by atoms with E-state index in [1.165, 1.54) is 11.3 Å². The summed E-state index contributed by atoms with van der Waals surface area (Å²) in [5.41, 5.74) is 2.43. The Morgan fingerprint density at radius 2 is 2.19 bits per heavy atom. The Morgan fingerprint density at radius 1 is 1.33 bits per heavy atom. The fraction of sp³-hybridized carbons (Fsp3) is 0.471. The summed E-state index contributed by atoms with van der Waals surface area (Å²) in [6.45, 7) is 5.95. The van der Waals surface area contributed by atoms with Gasteiger partial charge in [0.1, 0.15) is 5.75 Å². The molecular weight excluding hydrogens is 262 g/mol. The van der Waals surface area contributed by atoms with E-state index in [9.17, 15) is 0 Å². The molecule has 1 aromatic carbocycles. The molecule has 0 amide bonds. The van der Waals surface area contributed by atoms with Gasteiger partial charge in [0.2, 0.25) is 0 Å². The van der Waals surface area contributed by atoms with Gasteiger partial charge in [0, 0.05) is 19.7 Å². The largest absolute Gasteiger partial charge is 0.494 e. The van der Waals surface area contributed by atoms with Crippen molar-refractivity contribution in [3.63, 3.8) is 0 Å². The van der Waals surface area contributed by atoms with E-state index in [4.69, 9.17) is 4.74 Å². The molecule has 1 unspecified atom stereocenters. The smallest absolute Gasteiger partial charge is 0.119 e. The Kier molecular flexibility index (Phi) is 5.81. The number of nitrogens with zero attached hydrogens (tertiary/aromatic N) is 2. The van der Waals surface area contributed by atoms with Crippen LogP contribution in [0.2, 0.25) is 0 Å². The van der Waals surface area contributed by atoms with Gasteiger partial charge in [-0.15, -0.1) is 0 Å². The van der Waals surface area contributed by atoms with Gasteiger partial charge in [-0.3, -0.25) is 4.68 Å². The van der Waals surface area contributed by atoms with Gasteiger partial charge in [0.25, 0.3) is 0 Å². The Labute approximate surface area is 127 Å². The fourth-order valence-corrected chi connectivity index (χ4v) is 2.40. The molecule has 2 rings (SSSR count). The van der Waals surface area contributed by atoms with Crippen LogP contribution < -0.4 is 10.1 Å². The Bertz CT molecular complexity index is 550. The zero-order valence-electron chi connectivity index (χ0n) is 13.2. The van der Waals surface area contributed by atoms with E-state index in [0.29, 0.717) is 6.61 Å². The van der Waals surface area contributed by atoms with Gasteiger partial charge in [-0.05, 0) is 43.7 Å². The van der Waals surface area contributed by atoms with Crippen molar-refractivity contribution in [3.05, 3.63) is 47.8 Å². The highest BCUT2D eigenvalue weighted by Gasteiger charge is 2.14. The molecule has 21 heavy (non-hydrogen) atoms. The van der Waals surface area contributed by atoms with Gasteiger partial charge in [-0.1, -0.05) is 19.1 Å². The molecule has 2 aromatic rings. The predicted molar refractivity (Wildman–Crippen MR) is 85.5 cm³/mol. The highest BCUT2D eigenvalue weighted by atomic mass is 16.5. The van der Waals surface area contributed by atoms with Crippen molar-refractivity contribution in [3.8, 4) is 5.75 Å². The summed E-state index contributed by atoms with van der Waals surface area (Å²) in [6, 6.07) is 10.5. The molecule has 0 saturated heterocycles. The molecule has 0 aliphatic heterocycles. The van der Waals surface area contributed by atoms with Crippen LogP contribution in [0.25, 0.3) is 0 Å². The average molecular weight is 287 g/mol. The van der Waals surface area contributed by atoms with Gasteiger partial charge in [0.15, 0.2) is 0 Å². The van der Waals surface area contributed by atoms with Crippen molar-refractivity contribution >= 4 is 0 Å². The van der Waals surface area contributed by atoms with E-state index in [-0.39, 0.29) is 6.04 Å². The fourth-order valence-electron chi connectivity index (χ4n) is 2.40. The summed E-state index contributed by atoms with van der Waals surface area (Å²) >= 11 is 0. The van der Waals surface area contributed by atoms with Crippen LogP contribution in [-0.2, 0) is 7.05 Å². The molecule has 0 aliphatic carbocycles. The van der Waals surface area contributed by atoms with Crippen molar-refractivity contribution in [2.75, 3.05) is 13.2 Å². The minimum absolute atomic E-state index is 0.280. The number of hydrogen-bond acceptors (Lipinski definition) is 3. The van der Waals surface area contributed by atoms with Crippen molar-refractivity contribution in [1.82, 2.24) is 15.1 Å². The van der Waals surface area contributed by atoms with Crippen LogP contribution >= 0.6 is 0 Å². The third-order valence-electron chi connectivity index (χ3n) is 3.52. The number of nitrogens with one attached hydrogen (secondary N) is 1. The van der Waals surface area contributed by atoms with Crippen molar-refractivity contribution in [2.45, 2.75) is 32.7 Å². The van der Waals surface area contributed by atoms with Crippen LogP contribution in [0.5, 0.6) is 5.75 Å². The van der Waals surface area contributed by atoms with Crippen LogP contribution in [0.1, 0.15) is 37.1 Å². The molecular formula is C17H25N3O. The van der Waals surface area contributed by atoms with Crippen LogP contribution in [0.4, 0.5) is 0 Å². The maximum absolute atomic E-state index is 5.87. The number of aromatic nitrogens is 2. The number of aryl methyl sites for hydroxylation is 2. The zero-order chi connectivity index (χ0) is 15.1. The minimum atomic E-state index is 0.280. The second-order valence-electron chi connectivity index (χ2n) is 5.34. The summed E-state index contributed by atoms with van der Waals surface area (Å²) in [5, 5.41) is 7.83. The van der Waals surface area contributed by atoms with E-state index >= 15 is 0 Å². The monoisotopic (exact) mass is 287 g/mol. The molecule has 1 atom stereocenters. The van der Waals surface area contributed by atoms with Crippen molar-refractivity contribution in [2.24, 2.45) is 7.05 Å². The zero-order valence-corrected chi connectivity index (χ0v) is 13.2.